The van der Waals surface area contributed by atoms with Crippen LogP contribution in [0.1, 0.15) is 11.1 Å². The number of sulfonamides is 1. The lowest BCUT2D eigenvalue weighted by atomic mass is 10.2. The van der Waals surface area contributed by atoms with E-state index < -0.39 is 10.0 Å². The van der Waals surface area contributed by atoms with Crippen molar-refractivity contribution in [3.8, 4) is 0 Å². The van der Waals surface area contributed by atoms with Crippen LogP contribution in [-0.2, 0) is 14.8 Å². The summed E-state index contributed by atoms with van der Waals surface area (Å²) in [6.45, 7) is 4.91. The fourth-order valence-corrected chi connectivity index (χ4v) is 5.68. The summed E-state index contributed by atoms with van der Waals surface area (Å²) in [5.41, 5.74) is 2.36. The second-order valence-corrected chi connectivity index (χ2v) is 11.0. The molecule has 0 N–H and O–H groups in total. The van der Waals surface area contributed by atoms with Crippen molar-refractivity contribution in [2.75, 3.05) is 43.6 Å². The summed E-state index contributed by atoms with van der Waals surface area (Å²) < 4.78 is 28.2. The molecule has 1 fully saturated rings. The Morgan fingerprint density at radius 2 is 1.58 bits per heavy atom. The number of benzene rings is 3. The number of aryl methyl sites for hydroxylation is 1. The summed E-state index contributed by atoms with van der Waals surface area (Å²) in [5, 5.41) is 0.449. The zero-order chi connectivity index (χ0) is 25.5. The predicted octanol–water partition coefficient (Wildman–Crippen LogP) is 4.70. The number of piperazine rings is 1. The zero-order valence-corrected chi connectivity index (χ0v) is 21.8. The molecule has 0 radical (unpaired) electrons. The van der Waals surface area contributed by atoms with E-state index in [-0.39, 0.29) is 17.3 Å². The van der Waals surface area contributed by atoms with Gasteiger partial charge in [-0.3, -0.25) is 14.0 Å². The van der Waals surface area contributed by atoms with Crippen LogP contribution in [0.25, 0.3) is 6.08 Å². The van der Waals surface area contributed by atoms with E-state index >= 15 is 0 Å². The van der Waals surface area contributed by atoms with Crippen LogP contribution in [0.5, 0.6) is 0 Å². The van der Waals surface area contributed by atoms with Crippen LogP contribution >= 0.6 is 11.6 Å². The molecule has 0 atom stereocenters. The molecule has 1 aliphatic heterocycles. The topological polar surface area (TPSA) is 60.9 Å². The highest BCUT2D eigenvalue weighted by molar-refractivity contribution is 7.92. The lowest BCUT2D eigenvalue weighted by Crippen LogP contribution is -2.51. The molecule has 0 saturated carbocycles. The molecule has 6 nitrogen and oxygen atoms in total. The lowest BCUT2D eigenvalue weighted by Gasteiger charge is -2.35. The third-order valence-corrected chi connectivity index (χ3v) is 8.45. The number of carbonyl (C=O) groups excluding carboxylic acids is 1. The minimum absolute atomic E-state index is 0.129. The molecule has 0 aromatic heterocycles. The number of hydrogen-bond donors (Lipinski definition) is 0. The van der Waals surface area contributed by atoms with E-state index in [1.165, 1.54) is 12.1 Å². The molecule has 3 aromatic carbocycles. The van der Waals surface area contributed by atoms with E-state index in [2.05, 4.69) is 29.2 Å². The summed E-state index contributed by atoms with van der Waals surface area (Å²) in [6, 6.07) is 23.3. The number of anilines is 1. The van der Waals surface area contributed by atoms with Gasteiger partial charge in [-0.25, -0.2) is 8.42 Å². The smallest absolute Gasteiger partial charge is 0.264 e. The van der Waals surface area contributed by atoms with Gasteiger partial charge in [0, 0.05) is 37.7 Å². The molecule has 1 saturated heterocycles. The second kappa shape index (κ2) is 11.7. The van der Waals surface area contributed by atoms with Gasteiger partial charge < -0.3 is 4.90 Å². The molecule has 0 bridgehead atoms. The monoisotopic (exact) mass is 523 g/mol. The maximum Gasteiger partial charge on any atom is 0.264 e. The molecule has 1 heterocycles. The lowest BCUT2D eigenvalue weighted by molar-refractivity contribution is -0.131. The van der Waals surface area contributed by atoms with Crippen molar-refractivity contribution < 1.29 is 13.2 Å². The normalized spacial score (nSPS) is 14.8. The van der Waals surface area contributed by atoms with Crippen molar-refractivity contribution in [3.63, 3.8) is 0 Å². The van der Waals surface area contributed by atoms with Gasteiger partial charge in [-0.05, 0) is 42.3 Å². The van der Waals surface area contributed by atoms with Crippen LogP contribution < -0.4 is 4.31 Å². The molecular formula is C28H30ClN3O3S. The van der Waals surface area contributed by atoms with E-state index in [1.54, 1.807) is 41.3 Å². The van der Waals surface area contributed by atoms with E-state index in [9.17, 15) is 13.2 Å². The number of rotatable bonds is 8. The first-order valence-electron chi connectivity index (χ1n) is 11.9. The summed E-state index contributed by atoms with van der Waals surface area (Å²) in [6.07, 6.45) is 4.22. The van der Waals surface area contributed by atoms with Gasteiger partial charge in [0.25, 0.3) is 10.0 Å². The molecule has 36 heavy (non-hydrogen) atoms. The maximum absolute atomic E-state index is 13.5. The largest absolute Gasteiger partial charge is 0.339 e. The Kier molecular flexibility index (Phi) is 8.46. The highest BCUT2D eigenvalue weighted by Crippen LogP contribution is 2.28. The number of carbonyl (C=O) groups is 1. The van der Waals surface area contributed by atoms with Gasteiger partial charge in [0.2, 0.25) is 5.91 Å². The fourth-order valence-electron chi connectivity index (χ4n) is 4.08. The summed E-state index contributed by atoms with van der Waals surface area (Å²) in [4.78, 5) is 17.4. The van der Waals surface area contributed by atoms with Gasteiger partial charge in [-0.1, -0.05) is 78.4 Å². The SMILES string of the molecule is Cc1ccc(N(CC(=O)N2CCN(C/C=C/c3ccccc3)CC2)S(=O)(=O)c2ccccc2)cc1Cl. The van der Waals surface area contributed by atoms with Crippen molar-refractivity contribution >= 4 is 39.3 Å². The molecular weight excluding hydrogens is 494 g/mol. The molecule has 4 rings (SSSR count). The van der Waals surface area contributed by atoms with E-state index in [0.717, 1.165) is 35.1 Å². The first-order valence-corrected chi connectivity index (χ1v) is 13.7. The van der Waals surface area contributed by atoms with Crippen LogP contribution in [-0.4, -0.2) is 63.4 Å². The van der Waals surface area contributed by atoms with Crippen LogP contribution in [0.4, 0.5) is 5.69 Å². The van der Waals surface area contributed by atoms with Gasteiger partial charge in [-0.2, -0.15) is 0 Å². The number of hydrogen-bond acceptors (Lipinski definition) is 4. The van der Waals surface area contributed by atoms with Gasteiger partial charge in [0.05, 0.1) is 10.6 Å². The summed E-state index contributed by atoms with van der Waals surface area (Å²) in [7, 11) is -3.96. The van der Waals surface area contributed by atoms with Crippen molar-refractivity contribution in [2.45, 2.75) is 11.8 Å². The van der Waals surface area contributed by atoms with E-state index in [1.807, 2.05) is 25.1 Å². The van der Waals surface area contributed by atoms with Crippen LogP contribution in [0.15, 0.2) is 89.8 Å². The molecule has 0 aliphatic carbocycles. The summed E-state index contributed by atoms with van der Waals surface area (Å²) in [5.74, 6) is -0.231. The highest BCUT2D eigenvalue weighted by Gasteiger charge is 2.30. The fraction of sp³-hybridized carbons (Fsp3) is 0.250. The van der Waals surface area contributed by atoms with Crippen LogP contribution in [0.2, 0.25) is 5.02 Å². The Balaban J connectivity index is 1.44. The number of halogens is 1. The summed E-state index contributed by atoms with van der Waals surface area (Å²) >= 11 is 6.31. The first kappa shape index (κ1) is 25.9. The third kappa shape index (κ3) is 6.35. The Labute approximate surface area is 218 Å². The van der Waals surface area contributed by atoms with Gasteiger partial charge in [-0.15, -0.1) is 0 Å². The zero-order valence-electron chi connectivity index (χ0n) is 20.3. The van der Waals surface area contributed by atoms with Gasteiger partial charge in [0.15, 0.2) is 0 Å². The van der Waals surface area contributed by atoms with Crippen molar-refractivity contribution in [2.24, 2.45) is 0 Å². The minimum atomic E-state index is -3.96. The Morgan fingerprint density at radius 3 is 2.22 bits per heavy atom. The van der Waals surface area contributed by atoms with Crippen LogP contribution in [0.3, 0.4) is 0 Å². The van der Waals surface area contributed by atoms with E-state index in [4.69, 9.17) is 11.6 Å². The Bertz CT molecular complexity index is 1310. The van der Waals surface area contributed by atoms with Crippen molar-refractivity contribution in [1.29, 1.82) is 0 Å². The van der Waals surface area contributed by atoms with Crippen molar-refractivity contribution in [1.82, 2.24) is 9.80 Å². The third-order valence-electron chi connectivity index (χ3n) is 6.25. The van der Waals surface area contributed by atoms with E-state index in [0.29, 0.717) is 23.8 Å². The molecule has 0 spiro atoms. The average molecular weight is 524 g/mol. The number of nitrogens with zero attached hydrogens (tertiary/aromatic N) is 3. The second-order valence-electron chi connectivity index (χ2n) is 8.75. The minimum Gasteiger partial charge on any atom is -0.339 e. The highest BCUT2D eigenvalue weighted by atomic mass is 35.5. The van der Waals surface area contributed by atoms with Gasteiger partial charge in [0.1, 0.15) is 6.54 Å². The number of amides is 1. The molecule has 1 aliphatic rings. The predicted molar refractivity (Wildman–Crippen MR) is 146 cm³/mol. The molecule has 3 aromatic rings. The van der Waals surface area contributed by atoms with Crippen LogP contribution in [0, 0.1) is 6.92 Å². The maximum atomic E-state index is 13.5. The first-order chi connectivity index (χ1) is 17.3. The quantitative estimate of drug-likeness (QED) is 0.429. The molecule has 8 heteroatoms. The average Bonchev–Trinajstić information content (AvgIpc) is 2.90. The standard InChI is InChI=1S/C28H30ClN3O3S/c1-23-14-15-25(21-27(23)29)32(36(34,35)26-12-6-3-7-13-26)22-28(33)31-19-17-30(18-20-31)16-8-11-24-9-4-2-5-10-24/h2-15,21H,16-20,22H2,1H3/b11-8+. The molecule has 1 amide bonds. The van der Waals surface area contributed by atoms with Gasteiger partial charge >= 0.3 is 0 Å². The Morgan fingerprint density at radius 1 is 0.944 bits per heavy atom. The molecule has 0 unspecified atom stereocenters. The Hall–Kier alpha value is -3.13. The van der Waals surface area contributed by atoms with Crippen molar-refractivity contribution in [3.05, 3.63) is 101 Å². The molecule has 188 valence electrons.